The van der Waals surface area contributed by atoms with Gasteiger partial charge in [0, 0.05) is 11.8 Å². The highest BCUT2D eigenvalue weighted by Crippen LogP contribution is 2.27. The summed E-state index contributed by atoms with van der Waals surface area (Å²) in [4.78, 5) is 4.79. The molecule has 2 aromatic rings. The first-order chi connectivity index (χ1) is 10.2. The third-order valence-corrected chi connectivity index (χ3v) is 6.58. The van der Waals surface area contributed by atoms with Gasteiger partial charge in [0.1, 0.15) is 0 Å². The van der Waals surface area contributed by atoms with Crippen LogP contribution in [0, 0.1) is 12.8 Å². The molecule has 0 N–H and O–H groups in total. The molecule has 1 nitrogen and oxygen atoms in total. The van der Waals surface area contributed by atoms with Crippen LogP contribution in [0.4, 0.5) is 0 Å². The standard InChI is InChI=1S/C20H29NSi/c1-14(2)16(4)18-12-19(17-10-8-9-15(3)11-17)21-13-20(18)22(5,6)7/h8-14,16H,1-7H3. The van der Waals surface area contributed by atoms with Gasteiger partial charge in [-0.25, -0.2) is 0 Å². The Kier molecular flexibility index (Phi) is 4.91. The molecular weight excluding hydrogens is 282 g/mol. The number of nitrogens with zero attached hydrogens (tertiary/aromatic N) is 1. The van der Waals surface area contributed by atoms with E-state index in [0.717, 1.165) is 5.69 Å². The van der Waals surface area contributed by atoms with Gasteiger partial charge in [-0.3, -0.25) is 4.98 Å². The number of aromatic nitrogens is 1. The summed E-state index contributed by atoms with van der Waals surface area (Å²) in [6, 6.07) is 11.0. The van der Waals surface area contributed by atoms with Crippen molar-refractivity contribution in [2.45, 2.75) is 53.3 Å². The molecule has 0 amide bonds. The second-order valence-electron chi connectivity index (χ2n) is 7.81. The Balaban J connectivity index is 2.59. The van der Waals surface area contributed by atoms with Gasteiger partial charge in [-0.05, 0) is 41.6 Å². The largest absolute Gasteiger partial charge is 0.256 e. The molecule has 118 valence electrons. The molecular formula is C20H29NSi. The van der Waals surface area contributed by atoms with Gasteiger partial charge in [-0.15, -0.1) is 0 Å². The van der Waals surface area contributed by atoms with Crippen molar-refractivity contribution in [3.05, 3.63) is 47.7 Å². The normalized spacial score (nSPS) is 13.5. The maximum absolute atomic E-state index is 4.79. The van der Waals surface area contributed by atoms with Gasteiger partial charge >= 0.3 is 0 Å². The highest BCUT2D eigenvalue weighted by atomic mass is 28.3. The van der Waals surface area contributed by atoms with Gasteiger partial charge in [-0.2, -0.15) is 0 Å². The Hall–Kier alpha value is -1.41. The number of hydrogen-bond acceptors (Lipinski definition) is 1. The Morgan fingerprint density at radius 2 is 1.68 bits per heavy atom. The minimum absolute atomic E-state index is 0.563. The zero-order valence-electron chi connectivity index (χ0n) is 15.1. The Labute approximate surface area is 136 Å². The van der Waals surface area contributed by atoms with E-state index in [1.807, 2.05) is 0 Å². The van der Waals surface area contributed by atoms with E-state index in [-0.39, 0.29) is 0 Å². The summed E-state index contributed by atoms with van der Waals surface area (Å²) in [5, 5.41) is 1.50. The first-order valence-corrected chi connectivity index (χ1v) is 11.8. The fourth-order valence-electron chi connectivity index (χ4n) is 2.80. The van der Waals surface area contributed by atoms with E-state index in [2.05, 4.69) is 83.9 Å². The minimum Gasteiger partial charge on any atom is -0.256 e. The van der Waals surface area contributed by atoms with Crippen LogP contribution in [0.3, 0.4) is 0 Å². The van der Waals surface area contributed by atoms with Crippen LogP contribution < -0.4 is 5.19 Å². The average molecular weight is 312 g/mol. The molecule has 1 unspecified atom stereocenters. The lowest BCUT2D eigenvalue weighted by Gasteiger charge is -2.26. The SMILES string of the molecule is Cc1cccc(-c2cc(C(C)C(C)C)c([Si](C)(C)C)cn2)c1. The lowest BCUT2D eigenvalue weighted by molar-refractivity contribution is 0.537. The smallest absolute Gasteiger partial charge is 0.0799 e. The molecule has 0 saturated heterocycles. The number of benzene rings is 1. The highest BCUT2D eigenvalue weighted by molar-refractivity contribution is 6.89. The van der Waals surface area contributed by atoms with Crippen LogP contribution in [0.5, 0.6) is 0 Å². The van der Waals surface area contributed by atoms with Crippen molar-refractivity contribution in [1.82, 2.24) is 4.98 Å². The summed E-state index contributed by atoms with van der Waals surface area (Å²) in [5.74, 6) is 1.20. The van der Waals surface area contributed by atoms with Gasteiger partial charge in [0.15, 0.2) is 0 Å². The second-order valence-corrected chi connectivity index (χ2v) is 12.8. The van der Waals surface area contributed by atoms with Crippen LogP contribution in [0.15, 0.2) is 36.5 Å². The van der Waals surface area contributed by atoms with E-state index in [1.54, 1.807) is 0 Å². The van der Waals surface area contributed by atoms with Crippen LogP contribution in [0.2, 0.25) is 19.6 Å². The first-order valence-electron chi connectivity index (χ1n) is 8.27. The van der Waals surface area contributed by atoms with Crippen molar-refractivity contribution in [3.8, 4) is 11.3 Å². The summed E-state index contributed by atoms with van der Waals surface area (Å²) >= 11 is 0. The Morgan fingerprint density at radius 1 is 1.00 bits per heavy atom. The third-order valence-electron chi connectivity index (χ3n) is 4.55. The molecule has 1 aromatic carbocycles. The highest BCUT2D eigenvalue weighted by Gasteiger charge is 2.25. The van der Waals surface area contributed by atoms with E-state index in [1.165, 1.54) is 21.9 Å². The Bertz CT molecular complexity index is 653. The fourth-order valence-corrected chi connectivity index (χ4v) is 4.41. The van der Waals surface area contributed by atoms with Crippen LogP contribution in [0.1, 0.15) is 37.8 Å². The second kappa shape index (κ2) is 6.37. The molecule has 0 aliphatic carbocycles. The maximum atomic E-state index is 4.79. The van der Waals surface area contributed by atoms with Gasteiger partial charge in [0.25, 0.3) is 0 Å². The van der Waals surface area contributed by atoms with Crippen LogP contribution >= 0.6 is 0 Å². The molecule has 22 heavy (non-hydrogen) atoms. The van der Waals surface area contributed by atoms with Gasteiger partial charge in [-0.1, -0.05) is 64.2 Å². The van der Waals surface area contributed by atoms with E-state index < -0.39 is 8.07 Å². The molecule has 1 aromatic heterocycles. The van der Waals surface area contributed by atoms with E-state index in [9.17, 15) is 0 Å². The molecule has 1 atom stereocenters. The predicted molar refractivity (Wildman–Crippen MR) is 101 cm³/mol. The molecule has 2 heteroatoms. The summed E-state index contributed by atoms with van der Waals surface area (Å²) in [5.41, 5.74) is 5.11. The quantitative estimate of drug-likeness (QED) is 0.692. The van der Waals surface area contributed by atoms with Gasteiger partial charge in [0.05, 0.1) is 13.8 Å². The topological polar surface area (TPSA) is 12.9 Å². The van der Waals surface area contributed by atoms with Gasteiger partial charge in [0.2, 0.25) is 0 Å². The third kappa shape index (κ3) is 3.67. The molecule has 0 bridgehead atoms. The number of pyridine rings is 1. The van der Waals surface area contributed by atoms with Crippen molar-refractivity contribution < 1.29 is 0 Å². The van der Waals surface area contributed by atoms with Crippen molar-refractivity contribution in [3.63, 3.8) is 0 Å². The zero-order valence-corrected chi connectivity index (χ0v) is 16.1. The van der Waals surface area contributed by atoms with Gasteiger partial charge < -0.3 is 0 Å². The monoisotopic (exact) mass is 311 g/mol. The fraction of sp³-hybridized carbons (Fsp3) is 0.450. The molecule has 0 spiro atoms. The lowest BCUT2D eigenvalue weighted by atomic mass is 9.90. The van der Waals surface area contributed by atoms with E-state index in [0.29, 0.717) is 11.8 Å². The molecule has 2 rings (SSSR count). The maximum Gasteiger partial charge on any atom is 0.0799 e. The van der Waals surface area contributed by atoms with Crippen molar-refractivity contribution in [1.29, 1.82) is 0 Å². The molecule has 0 fully saturated rings. The van der Waals surface area contributed by atoms with E-state index >= 15 is 0 Å². The molecule has 0 radical (unpaired) electrons. The van der Waals surface area contributed by atoms with Crippen LogP contribution in [-0.2, 0) is 0 Å². The van der Waals surface area contributed by atoms with Crippen molar-refractivity contribution in [2.24, 2.45) is 5.92 Å². The number of rotatable bonds is 4. The van der Waals surface area contributed by atoms with Crippen molar-refractivity contribution in [2.75, 3.05) is 0 Å². The predicted octanol–water partition coefficient (Wildman–Crippen LogP) is 5.36. The lowest BCUT2D eigenvalue weighted by Crippen LogP contribution is -2.41. The minimum atomic E-state index is -1.38. The number of aryl methyl sites for hydroxylation is 1. The molecule has 0 aliphatic heterocycles. The summed E-state index contributed by atoms with van der Waals surface area (Å²) < 4.78 is 0. The molecule has 0 aliphatic rings. The zero-order chi connectivity index (χ0) is 16.5. The van der Waals surface area contributed by atoms with E-state index in [4.69, 9.17) is 4.98 Å². The summed E-state index contributed by atoms with van der Waals surface area (Å²) in [6.45, 7) is 16.3. The molecule has 0 saturated carbocycles. The number of hydrogen-bond donors (Lipinski definition) is 0. The Morgan fingerprint density at radius 3 is 2.23 bits per heavy atom. The first kappa shape index (κ1) is 16.9. The summed E-state index contributed by atoms with van der Waals surface area (Å²) in [7, 11) is -1.38. The average Bonchev–Trinajstić information content (AvgIpc) is 2.44. The molecule has 1 heterocycles. The van der Waals surface area contributed by atoms with Crippen molar-refractivity contribution >= 4 is 13.3 Å². The van der Waals surface area contributed by atoms with Crippen LogP contribution in [0.25, 0.3) is 11.3 Å². The van der Waals surface area contributed by atoms with Crippen LogP contribution in [-0.4, -0.2) is 13.1 Å². The summed E-state index contributed by atoms with van der Waals surface area (Å²) in [6.07, 6.45) is 2.15.